The molecule has 0 aliphatic rings. The Balaban J connectivity index is 2.21. The zero-order valence-electron chi connectivity index (χ0n) is 11.8. The first-order valence-corrected chi connectivity index (χ1v) is 6.77. The third-order valence-corrected chi connectivity index (χ3v) is 2.75. The van der Waals surface area contributed by atoms with Gasteiger partial charge in [-0.15, -0.1) is 0 Å². The van der Waals surface area contributed by atoms with Crippen molar-refractivity contribution in [1.29, 1.82) is 0 Å². The van der Waals surface area contributed by atoms with Gasteiger partial charge in [-0.3, -0.25) is 4.57 Å². The van der Waals surface area contributed by atoms with Gasteiger partial charge in [-0.05, 0) is 44.5 Å². The maximum Gasteiger partial charge on any atom is 0.207 e. The van der Waals surface area contributed by atoms with Crippen molar-refractivity contribution >= 4 is 5.95 Å². The molecular formula is C15H21N3O. The number of hydrogen-bond acceptors (Lipinski definition) is 3. The van der Waals surface area contributed by atoms with Crippen molar-refractivity contribution in [3.8, 4) is 11.4 Å². The summed E-state index contributed by atoms with van der Waals surface area (Å²) in [4.78, 5) is 4.47. The second kappa shape index (κ2) is 6.27. The van der Waals surface area contributed by atoms with Crippen LogP contribution in [0.1, 0.15) is 26.0 Å². The molecule has 0 atom stereocenters. The highest BCUT2D eigenvalue weighted by molar-refractivity contribution is 5.45. The number of anilines is 1. The molecule has 2 rings (SSSR count). The van der Waals surface area contributed by atoms with Crippen molar-refractivity contribution in [1.82, 2.24) is 9.55 Å². The largest absolute Gasteiger partial charge is 0.494 e. The van der Waals surface area contributed by atoms with Gasteiger partial charge < -0.3 is 10.1 Å². The van der Waals surface area contributed by atoms with Gasteiger partial charge >= 0.3 is 0 Å². The smallest absolute Gasteiger partial charge is 0.207 e. The lowest BCUT2D eigenvalue weighted by atomic mass is 10.3. The number of nitrogens with zero attached hydrogens (tertiary/aromatic N) is 2. The summed E-state index contributed by atoms with van der Waals surface area (Å²) in [5.74, 6) is 1.79. The molecule has 1 aromatic carbocycles. The third kappa shape index (κ3) is 3.28. The van der Waals surface area contributed by atoms with E-state index in [2.05, 4.69) is 28.7 Å². The minimum Gasteiger partial charge on any atom is -0.494 e. The van der Waals surface area contributed by atoms with E-state index in [1.54, 1.807) is 0 Å². The molecule has 1 aromatic heterocycles. The van der Waals surface area contributed by atoms with Crippen molar-refractivity contribution in [3.63, 3.8) is 0 Å². The molecule has 0 amide bonds. The standard InChI is InChI=1S/C15H21N3O/c1-4-10-19-14-8-6-13(7-9-14)18-11-12(3)17-15(18)16-5-2/h6-9,11H,4-5,10H2,1-3H3,(H,16,17). The summed E-state index contributed by atoms with van der Waals surface area (Å²) in [5.41, 5.74) is 2.09. The predicted molar refractivity (Wildman–Crippen MR) is 78.3 cm³/mol. The van der Waals surface area contributed by atoms with E-state index in [1.165, 1.54) is 0 Å². The van der Waals surface area contributed by atoms with E-state index >= 15 is 0 Å². The molecule has 0 unspecified atom stereocenters. The number of aryl methyl sites for hydroxylation is 1. The summed E-state index contributed by atoms with van der Waals surface area (Å²) >= 11 is 0. The number of imidazole rings is 1. The first kappa shape index (κ1) is 13.5. The van der Waals surface area contributed by atoms with Crippen LogP contribution < -0.4 is 10.1 Å². The van der Waals surface area contributed by atoms with Crippen LogP contribution in [0.4, 0.5) is 5.95 Å². The second-order valence-corrected chi connectivity index (χ2v) is 4.45. The van der Waals surface area contributed by atoms with Gasteiger partial charge in [-0.25, -0.2) is 4.98 Å². The van der Waals surface area contributed by atoms with Gasteiger partial charge in [-0.1, -0.05) is 6.92 Å². The number of benzene rings is 1. The monoisotopic (exact) mass is 259 g/mol. The molecule has 2 aromatic rings. The Morgan fingerprint density at radius 2 is 1.95 bits per heavy atom. The first-order chi connectivity index (χ1) is 9.24. The number of aromatic nitrogens is 2. The number of ether oxygens (including phenoxy) is 1. The highest BCUT2D eigenvalue weighted by Crippen LogP contribution is 2.20. The zero-order chi connectivity index (χ0) is 13.7. The van der Waals surface area contributed by atoms with Crippen LogP contribution in [0.3, 0.4) is 0 Å². The van der Waals surface area contributed by atoms with Crippen LogP contribution in [0, 0.1) is 6.92 Å². The molecule has 0 radical (unpaired) electrons. The van der Waals surface area contributed by atoms with E-state index < -0.39 is 0 Å². The molecule has 4 nitrogen and oxygen atoms in total. The second-order valence-electron chi connectivity index (χ2n) is 4.45. The molecule has 1 heterocycles. The van der Waals surface area contributed by atoms with Crippen molar-refractivity contribution in [2.45, 2.75) is 27.2 Å². The summed E-state index contributed by atoms with van der Waals surface area (Å²) in [5, 5.41) is 3.26. The van der Waals surface area contributed by atoms with Gasteiger partial charge in [0.15, 0.2) is 0 Å². The average molecular weight is 259 g/mol. The summed E-state index contributed by atoms with van der Waals surface area (Å²) in [6.45, 7) is 7.78. The van der Waals surface area contributed by atoms with Crippen molar-refractivity contribution < 1.29 is 4.74 Å². The zero-order valence-corrected chi connectivity index (χ0v) is 11.8. The van der Waals surface area contributed by atoms with Gasteiger partial charge in [0.05, 0.1) is 12.3 Å². The van der Waals surface area contributed by atoms with E-state index in [1.807, 2.05) is 37.4 Å². The van der Waals surface area contributed by atoms with Crippen LogP contribution >= 0.6 is 0 Å². The Hall–Kier alpha value is -1.97. The lowest BCUT2D eigenvalue weighted by molar-refractivity contribution is 0.317. The Bertz CT molecular complexity index is 517. The Labute approximate surface area is 114 Å². The number of rotatable bonds is 6. The maximum atomic E-state index is 5.59. The van der Waals surface area contributed by atoms with Crippen LogP contribution in [0.15, 0.2) is 30.5 Å². The van der Waals surface area contributed by atoms with E-state index in [-0.39, 0.29) is 0 Å². The van der Waals surface area contributed by atoms with Crippen LogP contribution in [0.2, 0.25) is 0 Å². The molecule has 0 saturated heterocycles. The minimum absolute atomic E-state index is 0.756. The van der Waals surface area contributed by atoms with Gasteiger partial charge in [0.2, 0.25) is 5.95 Å². The van der Waals surface area contributed by atoms with Gasteiger partial charge in [0.1, 0.15) is 5.75 Å². The fourth-order valence-corrected chi connectivity index (χ4v) is 1.90. The Kier molecular flexibility index (Phi) is 4.44. The summed E-state index contributed by atoms with van der Waals surface area (Å²) in [7, 11) is 0. The fraction of sp³-hybridized carbons (Fsp3) is 0.400. The van der Waals surface area contributed by atoms with E-state index in [4.69, 9.17) is 4.74 Å². The highest BCUT2D eigenvalue weighted by Gasteiger charge is 2.06. The molecule has 0 spiro atoms. The predicted octanol–water partition coefficient (Wildman–Crippen LogP) is 3.40. The molecule has 4 heteroatoms. The molecule has 19 heavy (non-hydrogen) atoms. The van der Waals surface area contributed by atoms with Crippen LogP contribution in [-0.2, 0) is 0 Å². The summed E-state index contributed by atoms with van der Waals surface area (Å²) in [6, 6.07) is 8.09. The Morgan fingerprint density at radius 3 is 2.58 bits per heavy atom. The van der Waals surface area contributed by atoms with E-state index in [0.29, 0.717) is 0 Å². The Morgan fingerprint density at radius 1 is 1.21 bits per heavy atom. The van der Waals surface area contributed by atoms with Gasteiger partial charge in [-0.2, -0.15) is 0 Å². The average Bonchev–Trinajstić information content (AvgIpc) is 2.78. The molecule has 0 aliphatic carbocycles. The SMILES string of the molecule is CCCOc1ccc(-n2cc(C)nc2NCC)cc1. The summed E-state index contributed by atoms with van der Waals surface area (Å²) < 4.78 is 7.65. The first-order valence-electron chi connectivity index (χ1n) is 6.77. The number of nitrogens with one attached hydrogen (secondary N) is 1. The van der Waals surface area contributed by atoms with Crippen molar-refractivity contribution in [2.75, 3.05) is 18.5 Å². The minimum atomic E-state index is 0.756. The highest BCUT2D eigenvalue weighted by atomic mass is 16.5. The summed E-state index contributed by atoms with van der Waals surface area (Å²) in [6.07, 6.45) is 3.05. The molecule has 0 aliphatic heterocycles. The molecular weight excluding hydrogens is 238 g/mol. The van der Waals surface area contributed by atoms with Crippen molar-refractivity contribution in [3.05, 3.63) is 36.2 Å². The topological polar surface area (TPSA) is 39.1 Å². The quantitative estimate of drug-likeness (QED) is 0.864. The molecule has 0 fully saturated rings. The van der Waals surface area contributed by atoms with E-state index in [9.17, 15) is 0 Å². The maximum absolute atomic E-state index is 5.59. The lowest BCUT2D eigenvalue weighted by Gasteiger charge is -2.09. The molecule has 0 saturated carbocycles. The molecule has 1 N–H and O–H groups in total. The normalized spacial score (nSPS) is 10.5. The van der Waals surface area contributed by atoms with Crippen LogP contribution in [-0.4, -0.2) is 22.7 Å². The van der Waals surface area contributed by atoms with Crippen molar-refractivity contribution in [2.24, 2.45) is 0 Å². The van der Waals surface area contributed by atoms with Gasteiger partial charge in [0, 0.05) is 18.4 Å². The third-order valence-electron chi connectivity index (χ3n) is 2.75. The van der Waals surface area contributed by atoms with E-state index in [0.717, 1.165) is 42.7 Å². The van der Waals surface area contributed by atoms with Gasteiger partial charge in [0.25, 0.3) is 0 Å². The fourth-order valence-electron chi connectivity index (χ4n) is 1.90. The van der Waals surface area contributed by atoms with Crippen LogP contribution in [0.5, 0.6) is 5.75 Å². The number of hydrogen-bond donors (Lipinski definition) is 1. The molecule has 0 bridgehead atoms. The molecule has 102 valence electrons. The van der Waals surface area contributed by atoms with Crippen LogP contribution in [0.25, 0.3) is 5.69 Å². The lowest BCUT2D eigenvalue weighted by Crippen LogP contribution is -2.04.